The Bertz CT molecular complexity index is 1120. The zero-order chi connectivity index (χ0) is 22.5. The van der Waals surface area contributed by atoms with Crippen molar-refractivity contribution in [2.75, 3.05) is 33.1 Å². The van der Waals surface area contributed by atoms with Gasteiger partial charge in [-0.05, 0) is 36.4 Å². The number of nitrogens with zero attached hydrogens (tertiary/aromatic N) is 2. The number of thiazole rings is 1. The number of methoxy groups -OCH3 is 2. The Morgan fingerprint density at radius 2 is 1.81 bits per heavy atom. The first-order valence-electron chi connectivity index (χ1n) is 9.00. The van der Waals surface area contributed by atoms with E-state index in [0.717, 1.165) is 5.56 Å². The molecule has 162 valence electrons. The van der Waals surface area contributed by atoms with Crippen LogP contribution < -0.4 is 14.8 Å². The van der Waals surface area contributed by atoms with Crippen molar-refractivity contribution in [1.82, 2.24) is 9.88 Å². The van der Waals surface area contributed by atoms with Crippen LogP contribution in [0.1, 0.15) is 10.5 Å². The Kier molecular flexibility index (Phi) is 7.37. The lowest BCUT2D eigenvalue weighted by atomic mass is 10.2. The van der Waals surface area contributed by atoms with E-state index in [1.54, 1.807) is 49.9 Å². The van der Waals surface area contributed by atoms with Crippen LogP contribution in [0.4, 0.5) is 5.69 Å². The molecule has 2 amide bonds. The molecule has 0 saturated heterocycles. The highest BCUT2D eigenvalue weighted by Crippen LogP contribution is 2.33. The van der Waals surface area contributed by atoms with Crippen LogP contribution in [0.2, 0.25) is 10.0 Å². The number of nitrogens with one attached hydrogen (secondary N) is 1. The molecule has 0 aliphatic rings. The molecule has 10 heteroatoms. The van der Waals surface area contributed by atoms with Crippen molar-refractivity contribution in [2.24, 2.45) is 0 Å². The number of amides is 2. The smallest absolute Gasteiger partial charge is 0.273 e. The predicted octanol–water partition coefficient (Wildman–Crippen LogP) is 4.84. The molecule has 3 aromatic rings. The third kappa shape index (κ3) is 5.46. The fraction of sp³-hybridized carbons (Fsp3) is 0.190. The highest BCUT2D eigenvalue weighted by molar-refractivity contribution is 7.13. The molecule has 3 rings (SSSR count). The van der Waals surface area contributed by atoms with Crippen LogP contribution in [0.25, 0.3) is 10.6 Å². The maximum atomic E-state index is 12.7. The molecule has 0 aliphatic heterocycles. The second kappa shape index (κ2) is 10.00. The van der Waals surface area contributed by atoms with Crippen molar-refractivity contribution in [3.63, 3.8) is 0 Å². The van der Waals surface area contributed by atoms with Gasteiger partial charge in [0.05, 0.1) is 30.8 Å². The molecule has 0 radical (unpaired) electrons. The molecule has 0 fully saturated rings. The van der Waals surface area contributed by atoms with E-state index in [-0.39, 0.29) is 24.1 Å². The van der Waals surface area contributed by atoms with Gasteiger partial charge in [-0.1, -0.05) is 23.2 Å². The van der Waals surface area contributed by atoms with Gasteiger partial charge in [0.2, 0.25) is 5.91 Å². The summed E-state index contributed by atoms with van der Waals surface area (Å²) < 4.78 is 10.6. The summed E-state index contributed by atoms with van der Waals surface area (Å²) in [7, 11) is 4.65. The number of anilines is 1. The number of ether oxygens (including phenoxy) is 2. The molecule has 0 atom stereocenters. The molecule has 0 aliphatic carbocycles. The number of carbonyl (C=O) groups is 2. The molecule has 2 aromatic carbocycles. The van der Waals surface area contributed by atoms with Gasteiger partial charge >= 0.3 is 0 Å². The number of halogens is 2. The highest BCUT2D eigenvalue weighted by Gasteiger charge is 2.19. The number of benzene rings is 2. The van der Waals surface area contributed by atoms with Gasteiger partial charge in [0, 0.05) is 23.7 Å². The summed E-state index contributed by atoms with van der Waals surface area (Å²) in [5, 5.41) is 5.71. The molecule has 1 heterocycles. The third-order valence-corrected chi connectivity index (χ3v) is 5.92. The van der Waals surface area contributed by atoms with E-state index in [4.69, 9.17) is 32.7 Å². The molecule has 1 aromatic heterocycles. The quantitative estimate of drug-likeness (QED) is 0.523. The number of aromatic nitrogens is 1. The van der Waals surface area contributed by atoms with E-state index in [2.05, 4.69) is 10.3 Å². The lowest BCUT2D eigenvalue weighted by Crippen LogP contribution is -2.35. The normalized spacial score (nSPS) is 10.5. The third-order valence-electron chi connectivity index (χ3n) is 4.28. The average molecular weight is 480 g/mol. The van der Waals surface area contributed by atoms with E-state index in [1.807, 2.05) is 6.07 Å². The van der Waals surface area contributed by atoms with Crippen LogP contribution in [0.15, 0.2) is 41.8 Å². The topological polar surface area (TPSA) is 80.8 Å². The van der Waals surface area contributed by atoms with Gasteiger partial charge in [-0.2, -0.15) is 0 Å². The van der Waals surface area contributed by atoms with E-state index < -0.39 is 0 Å². The number of carbonyl (C=O) groups excluding carboxylic acids is 2. The van der Waals surface area contributed by atoms with Crippen molar-refractivity contribution in [3.05, 3.63) is 57.5 Å². The standard InChI is InChI=1S/C21H19Cl2N3O4S/c1-26(10-19(27)24-13-5-6-14(22)15(23)9-13)21(28)16-11-31-20(25-16)12-4-7-17(29-2)18(8-12)30-3/h4-9,11H,10H2,1-3H3,(H,24,27). The van der Waals surface area contributed by atoms with Gasteiger partial charge in [-0.15, -0.1) is 11.3 Å². The van der Waals surface area contributed by atoms with Crippen LogP contribution in [-0.4, -0.2) is 49.5 Å². The van der Waals surface area contributed by atoms with Crippen molar-refractivity contribution < 1.29 is 19.1 Å². The highest BCUT2D eigenvalue weighted by atomic mass is 35.5. The molecule has 7 nitrogen and oxygen atoms in total. The number of likely N-dealkylation sites (N-methyl/N-ethyl adjacent to an activating group) is 1. The second-order valence-corrected chi connectivity index (χ2v) is 8.12. The number of hydrogen-bond donors (Lipinski definition) is 1. The predicted molar refractivity (Wildman–Crippen MR) is 123 cm³/mol. The van der Waals surface area contributed by atoms with E-state index in [1.165, 1.54) is 23.3 Å². The molecular weight excluding hydrogens is 461 g/mol. The summed E-state index contributed by atoms with van der Waals surface area (Å²) in [6, 6.07) is 10.2. The lowest BCUT2D eigenvalue weighted by molar-refractivity contribution is -0.116. The fourth-order valence-corrected chi connectivity index (χ4v) is 3.82. The molecule has 1 N–H and O–H groups in total. The van der Waals surface area contributed by atoms with Gasteiger partial charge in [0.15, 0.2) is 11.5 Å². The van der Waals surface area contributed by atoms with Crippen LogP contribution in [0, 0.1) is 0 Å². The van der Waals surface area contributed by atoms with Crippen LogP contribution in [-0.2, 0) is 4.79 Å². The average Bonchev–Trinajstić information content (AvgIpc) is 3.25. The summed E-state index contributed by atoms with van der Waals surface area (Å²) in [5.74, 6) is 0.433. The first kappa shape index (κ1) is 22.9. The second-order valence-electron chi connectivity index (χ2n) is 6.45. The zero-order valence-electron chi connectivity index (χ0n) is 16.9. The van der Waals surface area contributed by atoms with Crippen LogP contribution >= 0.6 is 34.5 Å². The van der Waals surface area contributed by atoms with Gasteiger partial charge in [-0.25, -0.2) is 4.98 Å². The summed E-state index contributed by atoms with van der Waals surface area (Å²) in [6.07, 6.45) is 0. The minimum absolute atomic E-state index is 0.150. The fourth-order valence-electron chi connectivity index (χ4n) is 2.73. The van der Waals surface area contributed by atoms with Crippen LogP contribution in [0.5, 0.6) is 11.5 Å². The Balaban J connectivity index is 1.67. The van der Waals surface area contributed by atoms with Crippen molar-refractivity contribution in [1.29, 1.82) is 0 Å². The van der Waals surface area contributed by atoms with Crippen LogP contribution in [0.3, 0.4) is 0 Å². The Labute approximate surface area is 193 Å². The van der Waals surface area contributed by atoms with E-state index >= 15 is 0 Å². The maximum absolute atomic E-state index is 12.7. The Morgan fingerprint density at radius 3 is 2.48 bits per heavy atom. The molecule has 31 heavy (non-hydrogen) atoms. The van der Waals surface area contributed by atoms with Crippen molar-refractivity contribution >= 4 is 52.0 Å². The zero-order valence-corrected chi connectivity index (χ0v) is 19.3. The van der Waals surface area contributed by atoms with E-state index in [9.17, 15) is 9.59 Å². The number of rotatable bonds is 7. The SMILES string of the molecule is COc1ccc(-c2nc(C(=O)N(C)CC(=O)Nc3ccc(Cl)c(Cl)c3)cs2)cc1OC. The monoisotopic (exact) mass is 479 g/mol. The summed E-state index contributed by atoms with van der Waals surface area (Å²) in [5.41, 5.74) is 1.53. The summed E-state index contributed by atoms with van der Waals surface area (Å²) in [4.78, 5) is 30.7. The molecule has 0 unspecified atom stereocenters. The maximum Gasteiger partial charge on any atom is 0.273 e. The molecule has 0 spiro atoms. The molecule has 0 bridgehead atoms. The summed E-state index contributed by atoms with van der Waals surface area (Å²) >= 11 is 13.1. The van der Waals surface area contributed by atoms with Crippen molar-refractivity contribution in [3.8, 4) is 22.1 Å². The minimum Gasteiger partial charge on any atom is -0.493 e. The first-order valence-corrected chi connectivity index (χ1v) is 10.6. The Hall–Kier alpha value is -2.81. The largest absolute Gasteiger partial charge is 0.493 e. The first-order chi connectivity index (χ1) is 14.8. The van der Waals surface area contributed by atoms with Gasteiger partial charge in [0.1, 0.15) is 10.7 Å². The lowest BCUT2D eigenvalue weighted by Gasteiger charge is -2.15. The van der Waals surface area contributed by atoms with Gasteiger partial charge in [-0.3, -0.25) is 9.59 Å². The molecular formula is C21H19Cl2N3O4S. The van der Waals surface area contributed by atoms with Gasteiger partial charge in [0.25, 0.3) is 5.91 Å². The minimum atomic E-state index is -0.371. The Morgan fingerprint density at radius 1 is 1.06 bits per heavy atom. The van der Waals surface area contributed by atoms with Gasteiger partial charge < -0.3 is 19.7 Å². The summed E-state index contributed by atoms with van der Waals surface area (Å²) in [6.45, 7) is -0.150. The van der Waals surface area contributed by atoms with E-state index in [0.29, 0.717) is 32.2 Å². The molecule has 0 saturated carbocycles. The number of hydrogen-bond acceptors (Lipinski definition) is 6. The van der Waals surface area contributed by atoms with Crippen molar-refractivity contribution in [2.45, 2.75) is 0 Å².